The molecule has 0 saturated heterocycles. The molecule has 1 aromatic heterocycles. The molecule has 0 saturated carbocycles. The summed E-state index contributed by atoms with van der Waals surface area (Å²) < 4.78 is 1.78. The molecule has 3 heteroatoms. The highest BCUT2D eigenvalue weighted by atomic mass is 16.3. The summed E-state index contributed by atoms with van der Waals surface area (Å²) >= 11 is 0. The number of fused-ring (bicyclic) bond motifs is 1. The molecule has 0 bridgehead atoms. The van der Waals surface area contributed by atoms with E-state index in [2.05, 4.69) is 0 Å². The second-order valence-corrected chi connectivity index (χ2v) is 3.05. The molecule has 0 spiro atoms. The van der Waals surface area contributed by atoms with Gasteiger partial charge in [-0.3, -0.25) is 0 Å². The first kappa shape index (κ1) is 7.98. The molecule has 2 aromatic rings. The molecule has 0 fully saturated rings. The van der Waals surface area contributed by atoms with Crippen LogP contribution in [0.4, 0.5) is 5.69 Å². The zero-order valence-electron chi connectivity index (χ0n) is 7.49. The van der Waals surface area contributed by atoms with Crippen LogP contribution < -0.4 is 5.73 Å². The summed E-state index contributed by atoms with van der Waals surface area (Å²) in [5.41, 5.74) is 6.38. The Kier molecular flexibility index (Phi) is 1.65. The average Bonchev–Trinajstić information content (AvgIpc) is 2.44. The SMILES string of the molecule is CCn1cc2cccc(N)c2c1O. The summed E-state index contributed by atoms with van der Waals surface area (Å²) in [5, 5.41) is 11.5. The van der Waals surface area contributed by atoms with Crippen LogP contribution in [-0.2, 0) is 6.54 Å². The van der Waals surface area contributed by atoms with Crippen LogP contribution in [0.25, 0.3) is 10.8 Å². The van der Waals surface area contributed by atoms with E-state index in [1.165, 1.54) is 0 Å². The summed E-state index contributed by atoms with van der Waals surface area (Å²) in [6, 6.07) is 5.62. The first-order valence-corrected chi connectivity index (χ1v) is 4.30. The van der Waals surface area contributed by atoms with Crippen molar-refractivity contribution in [1.82, 2.24) is 4.57 Å². The van der Waals surface area contributed by atoms with E-state index in [0.29, 0.717) is 5.69 Å². The van der Waals surface area contributed by atoms with E-state index in [0.717, 1.165) is 17.3 Å². The van der Waals surface area contributed by atoms with Crippen LogP contribution in [0.15, 0.2) is 24.4 Å². The number of hydrogen-bond donors (Lipinski definition) is 2. The monoisotopic (exact) mass is 176 g/mol. The Morgan fingerprint density at radius 2 is 2.23 bits per heavy atom. The van der Waals surface area contributed by atoms with Crippen molar-refractivity contribution in [1.29, 1.82) is 0 Å². The first-order chi connectivity index (χ1) is 6.24. The van der Waals surface area contributed by atoms with E-state index in [1.54, 1.807) is 10.6 Å². The lowest BCUT2D eigenvalue weighted by atomic mass is 10.2. The van der Waals surface area contributed by atoms with Crippen LogP contribution in [0.3, 0.4) is 0 Å². The fourth-order valence-corrected chi connectivity index (χ4v) is 1.57. The van der Waals surface area contributed by atoms with E-state index in [4.69, 9.17) is 5.73 Å². The van der Waals surface area contributed by atoms with Crippen LogP contribution in [-0.4, -0.2) is 9.67 Å². The summed E-state index contributed by atoms with van der Waals surface area (Å²) in [6.45, 7) is 2.73. The van der Waals surface area contributed by atoms with Gasteiger partial charge in [-0.1, -0.05) is 12.1 Å². The first-order valence-electron chi connectivity index (χ1n) is 4.30. The molecule has 68 valence electrons. The Hall–Kier alpha value is -1.64. The number of aromatic hydroxyl groups is 1. The quantitative estimate of drug-likeness (QED) is 0.652. The molecule has 0 aliphatic carbocycles. The van der Waals surface area contributed by atoms with Gasteiger partial charge < -0.3 is 15.4 Å². The number of nitrogen functional groups attached to an aromatic ring is 1. The van der Waals surface area contributed by atoms with Gasteiger partial charge in [-0.2, -0.15) is 0 Å². The second kappa shape index (κ2) is 2.69. The van der Waals surface area contributed by atoms with E-state index in [-0.39, 0.29) is 5.88 Å². The highest BCUT2D eigenvalue weighted by molar-refractivity contribution is 5.97. The molecule has 0 amide bonds. The maximum absolute atomic E-state index is 9.75. The molecule has 3 N–H and O–H groups in total. The molecule has 13 heavy (non-hydrogen) atoms. The van der Waals surface area contributed by atoms with Crippen LogP contribution in [0.1, 0.15) is 6.92 Å². The van der Waals surface area contributed by atoms with Crippen LogP contribution in [0, 0.1) is 0 Å². The van der Waals surface area contributed by atoms with E-state index in [1.807, 2.05) is 25.3 Å². The van der Waals surface area contributed by atoms with Gasteiger partial charge in [0.05, 0.1) is 5.39 Å². The van der Waals surface area contributed by atoms with Gasteiger partial charge in [0.2, 0.25) is 5.88 Å². The van der Waals surface area contributed by atoms with Crippen molar-refractivity contribution < 1.29 is 5.11 Å². The van der Waals surface area contributed by atoms with E-state index < -0.39 is 0 Å². The fraction of sp³-hybridized carbons (Fsp3) is 0.200. The highest BCUT2D eigenvalue weighted by Gasteiger charge is 2.08. The number of hydrogen-bond acceptors (Lipinski definition) is 2. The minimum absolute atomic E-state index is 0.260. The number of aryl methyl sites for hydroxylation is 1. The van der Waals surface area contributed by atoms with Gasteiger partial charge in [0.1, 0.15) is 0 Å². The van der Waals surface area contributed by atoms with E-state index >= 15 is 0 Å². The standard InChI is InChI=1S/C10H12N2O/c1-2-12-6-7-4-3-5-8(11)9(7)10(12)13/h3-6,13H,2,11H2,1H3. The number of benzene rings is 1. The Morgan fingerprint density at radius 3 is 2.85 bits per heavy atom. The number of nitrogens with zero attached hydrogens (tertiary/aromatic N) is 1. The van der Waals surface area contributed by atoms with Gasteiger partial charge >= 0.3 is 0 Å². The molecule has 0 aliphatic heterocycles. The molecule has 3 nitrogen and oxygen atoms in total. The van der Waals surface area contributed by atoms with Gasteiger partial charge in [-0.05, 0) is 13.0 Å². The van der Waals surface area contributed by atoms with Gasteiger partial charge in [-0.15, -0.1) is 0 Å². The van der Waals surface area contributed by atoms with Crippen molar-refractivity contribution in [3.05, 3.63) is 24.4 Å². The molecule has 0 unspecified atom stereocenters. The van der Waals surface area contributed by atoms with Gasteiger partial charge in [0.25, 0.3) is 0 Å². The summed E-state index contributed by atoms with van der Waals surface area (Å²) in [7, 11) is 0. The zero-order chi connectivity index (χ0) is 9.42. The highest BCUT2D eigenvalue weighted by Crippen LogP contribution is 2.31. The molecule has 2 rings (SSSR count). The second-order valence-electron chi connectivity index (χ2n) is 3.05. The van der Waals surface area contributed by atoms with Crippen molar-refractivity contribution >= 4 is 16.5 Å². The van der Waals surface area contributed by atoms with Crippen LogP contribution in [0.5, 0.6) is 5.88 Å². The maximum Gasteiger partial charge on any atom is 0.201 e. The lowest BCUT2D eigenvalue weighted by molar-refractivity contribution is 0.427. The topological polar surface area (TPSA) is 51.2 Å². The molecule has 1 heterocycles. The lowest BCUT2D eigenvalue weighted by Gasteiger charge is -1.99. The fourth-order valence-electron chi connectivity index (χ4n) is 1.57. The third-order valence-electron chi connectivity index (χ3n) is 2.26. The molecular weight excluding hydrogens is 164 g/mol. The Morgan fingerprint density at radius 1 is 1.46 bits per heavy atom. The smallest absolute Gasteiger partial charge is 0.201 e. The lowest BCUT2D eigenvalue weighted by Crippen LogP contribution is -1.89. The number of anilines is 1. The summed E-state index contributed by atoms with van der Waals surface area (Å²) in [4.78, 5) is 0. The van der Waals surface area contributed by atoms with Gasteiger partial charge in [-0.25, -0.2) is 0 Å². The largest absolute Gasteiger partial charge is 0.494 e. The number of rotatable bonds is 1. The van der Waals surface area contributed by atoms with Crippen molar-refractivity contribution in [3.8, 4) is 5.88 Å². The molecule has 0 radical (unpaired) electrons. The molecular formula is C10H12N2O. The molecule has 0 aliphatic rings. The zero-order valence-corrected chi connectivity index (χ0v) is 7.49. The Labute approximate surface area is 76.4 Å². The van der Waals surface area contributed by atoms with Crippen LogP contribution >= 0.6 is 0 Å². The summed E-state index contributed by atoms with van der Waals surface area (Å²) in [5.74, 6) is 0.260. The van der Waals surface area contributed by atoms with Crippen molar-refractivity contribution in [2.24, 2.45) is 0 Å². The maximum atomic E-state index is 9.75. The minimum atomic E-state index is 0.260. The van der Waals surface area contributed by atoms with Crippen molar-refractivity contribution in [2.75, 3.05) is 5.73 Å². The van der Waals surface area contributed by atoms with Gasteiger partial charge in [0, 0.05) is 23.8 Å². The van der Waals surface area contributed by atoms with Crippen LogP contribution in [0.2, 0.25) is 0 Å². The number of nitrogens with two attached hydrogens (primary N) is 1. The summed E-state index contributed by atoms with van der Waals surface area (Å²) in [6.07, 6.45) is 1.90. The third kappa shape index (κ3) is 1.04. The minimum Gasteiger partial charge on any atom is -0.494 e. The third-order valence-corrected chi connectivity index (χ3v) is 2.26. The van der Waals surface area contributed by atoms with Gasteiger partial charge in [0.15, 0.2) is 0 Å². The van der Waals surface area contributed by atoms with E-state index in [9.17, 15) is 5.11 Å². The Balaban J connectivity index is 2.85. The normalized spacial score (nSPS) is 10.8. The Bertz CT molecular complexity index is 445. The predicted octanol–water partition coefficient (Wildman–Crippen LogP) is 1.95. The van der Waals surface area contributed by atoms with Crippen molar-refractivity contribution in [3.63, 3.8) is 0 Å². The number of aromatic nitrogens is 1. The molecule has 0 atom stereocenters. The van der Waals surface area contributed by atoms with Crippen molar-refractivity contribution in [2.45, 2.75) is 13.5 Å². The predicted molar refractivity (Wildman–Crippen MR) is 53.7 cm³/mol. The molecule has 1 aromatic carbocycles. The average molecular weight is 176 g/mol.